The minimum absolute atomic E-state index is 0.357. The largest absolute Gasteiger partial charge is 0.381 e. The molecule has 2 rings (SSSR count). The van der Waals surface area contributed by atoms with Gasteiger partial charge in [0.2, 0.25) is 0 Å². The predicted octanol–water partition coefficient (Wildman–Crippen LogP) is 1.88. The van der Waals surface area contributed by atoms with Crippen LogP contribution in [0.1, 0.15) is 12.8 Å². The Morgan fingerprint density at radius 1 is 1.28 bits per heavy atom. The van der Waals surface area contributed by atoms with E-state index in [2.05, 4.69) is 16.7 Å². The van der Waals surface area contributed by atoms with Crippen LogP contribution in [0.15, 0.2) is 30.3 Å². The maximum atomic E-state index is 11.8. The maximum Gasteiger partial charge on any atom is 0.320 e. The molecule has 1 heterocycles. The Kier molecular flexibility index (Phi) is 3.80. The van der Waals surface area contributed by atoms with Crippen molar-refractivity contribution >= 4 is 11.7 Å². The van der Waals surface area contributed by atoms with Gasteiger partial charge in [-0.3, -0.25) is 0 Å². The fraction of sp³-hybridized carbons (Fsp3) is 0.385. The molecule has 5 heteroatoms. The molecule has 0 saturated carbocycles. The fourth-order valence-electron chi connectivity index (χ4n) is 1.89. The first-order valence-corrected chi connectivity index (χ1v) is 5.87. The summed E-state index contributed by atoms with van der Waals surface area (Å²) in [5.74, 6) is 0. The number of anilines is 1. The zero-order valence-corrected chi connectivity index (χ0v) is 9.98. The third kappa shape index (κ3) is 2.99. The van der Waals surface area contributed by atoms with Crippen LogP contribution >= 0.6 is 0 Å². The molecule has 18 heavy (non-hydrogen) atoms. The average molecular weight is 245 g/mol. The summed E-state index contributed by atoms with van der Waals surface area (Å²) in [5.41, 5.74) is -0.105. The molecule has 1 aliphatic rings. The Balaban J connectivity index is 1.96. The molecular weight excluding hydrogens is 230 g/mol. The van der Waals surface area contributed by atoms with Crippen LogP contribution in [0.25, 0.3) is 0 Å². The molecule has 1 aliphatic heterocycles. The van der Waals surface area contributed by atoms with Gasteiger partial charge in [-0.05, 0) is 12.1 Å². The molecule has 5 nitrogen and oxygen atoms in total. The van der Waals surface area contributed by atoms with Crippen LogP contribution < -0.4 is 10.6 Å². The zero-order valence-electron chi connectivity index (χ0n) is 9.98. The maximum absolute atomic E-state index is 11.8. The first-order chi connectivity index (χ1) is 8.74. The van der Waals surface area contributed by atoms with Crippen molar-refractivity contribution < 1.29 is 9.53 Å². The normalized spacial score (nSPS) is 17.5. The van der Waals surface area contributed by atoms with Crippen LogP contribution in [0, 0.1) is 11.3 Å². The van der Waals surface area contributed by atoms with Crippen molar-refractivity contribution in [2.45, 2.75) is 18.4 Å². The average Bonchev–Trinajstić information content (AvgIpc) is 2.41. The fourth-order valence-corrected chi connectivity index (χ4v) is 1.89. The number of hydrogen-bond acceptors (Lipinski definition) is 3. The number of rotatable bonds is 2. The van der Waals surface area contributed by atoms with E-state index in [9.17, 15) is 10.1 Å². The highest BCUT2D eigenvalue weighted by Gasteiger charge is 2.34. The molecule has 2 amide bonds. The van der Waals surface area contributed by atoms with E-state index in [1.165, 1.54) is 0 Å². The van der Waals surface area contributed by atoms with Crippen LogP contribution in [-0.2, 0) is 4.74 Å². The third-order valence-corrected chi connectivity index (χ3v) is 2.94. The lowest BCUT2D eigenvalue weighted by Gasteiger charge is -2.31. The number of urea groups is 1. The van der Waals surface area contributed by atoms with Crippen LogP contribution in [0.2, 0.25) is 0 Å². The zero-order chi connectivity index (χ0) is 12.8. The van der Waals surface area contributed by atoms with E-state index in [4.69, 9.17) is 4.74 Å². The number of nitriles is 1. The quantitative estimate of drug-likeness (QED) is 0.835. The predicted molar refractivity (Wildman–Crippen MR) is 67.0 cm³/mol. The molecule has 1 fully saturated rings. The van der Waals surface area contributed by atoms with E-state index in [1.54, 1.807) is 12.1 Å². The van der Waals surface area contributed by atoms with Gasteiger partial charge in [0.05, 0.1) is 6.07 Å². The summed E-state index contributed by atoms with van der Waals surface area (Å²) in [7, 11) is 0. The standard InChI is InChI=1S/C13H15N3O2/c14-10-13(6-8-18-9-7-13)16-12(17)15-11-4-2-1-3-5-11/h1-5H,6-9H2,(H2,15,16,17). The van der Waals surface area contributed by atoms with Gasteiger partial charge in [-0.15, -0.1) is 0 Å². The first-order valence-electron chi connectivity index (χ1n) is 5.87. The van der Waals surface area contributed by atoms with Gasteiger partial charge in [0.25, 0.3) is 0 Å². The van der Waals surface area contributed by atoms with Gasteiger partial charge in [-0.2, -0.15) is 5.26 Å². The molecule has 94 valence electrons. The second-order valence-corrected chi connectivity index (χ2v) is 4.25. The number of ether oxygens (including phenoxy) is 1. The third-order valence-electron chi connectivity index (χ3n) is 2.94. The Labute approximate surface area is 106 Å². The lowest BCUT2D eigenvalue weighted by molar-refractivity contribution is 0.0618. The summed E-state index contributed by atoms with van der Waals surface area (Å²) in [6.45, 7) is 0.998. The van der Waals surface area contributed by atoms with Crippen LogP contribution in [0.5, 0.6) is 0 Å². The molecule has 0 aliphatic carbocycles. The summed E-state index contributed by atoms with van der Waals surface area (Å²) in [6, 6.07) is 11.0. The molecule has 1 aromatic carbocycles. The second-order valence-electron chi connectivity index (χ2n) is 4.25. The van der Waals surface area contributed by atoms with Gasteiger partial charge in [0, 0.05) is 31.7 Å². The van der Waals surface area contributed by atoms with Crippen LogP contribution in [-0.4, -0.2) is 24.8 Å². The van der Waals surface area contributed by atoms with Crippen molar-refractivity contribution in [3.63, 3.8) is 0 Å². The number of carbonyl (C=O) groups excluding carboxylic acids is 1. The summed E-state index contributed by atoms with van der Waals surface area (Å²) in [4.78, 5) is 11.8. The SMILES string of the molecule is N#CC1(NC(=O)Nc2ccccc2)CCOCC1. The highest BCUT2D eigenvalue weighted by molar-refractivity contribution is 5.90. The molecule has 0 aromatic heterocycles. The Morgan fingerprint density at radius 3 is 2.56 bits per heavy atom. The Morgan fingerprint density at radius 2 is 1.94 bits per heavy atom. The molecule has 0 bridgehead atoms. The van der Waals surface area contributed by atoms with Gasteiger partial charge in [-0.1, -0.05) is 18.2 Å². The van der Waals surface area contributed by atoms with Crippen LogP contribution in [0.3, 0.4) is 0 Å². The van der Waals surface area contributed by atoms with Crippen molar-refractivity contribution in [2.75, 3.05) is 18.5 Å². The summed E-state index contributed by atoms with van der Waals surface area (Å²) >= 11 is 0. The lowest BCUT2D eigenvalue weighted by Crippen LogP contribution is -2.52. The van der Waals surface area contributed by atoms with E-state index < -0.39 is 5.54 Å². The van der Waals surface area contributed by atoms with Gasteiger partial charge >= 0.3 is 6.03 Å². The molecule has 2 N–H and O–H groups in total. The highest BCUT2D eigenvalue weighted by Crippen LogP contribution is 2.19. The van der Waals surface area contributed by atoms with Crippen molar-refractivity contribution in [2.24, 2.45) is 0 Å². The number of carbonyl (C=O) groups is 1. The molecule has 1 saturated heterocycles. The molecule has 0 atom stereocenters. The highest BCUT2D eigenvalue weighted by atomic mass is 16.5. The van der Waals surface area contributed by atoms with Crippen molar-refractivity contribution in [3.8, 4) is 6.07 Å². The summed E-state index contributed by atoms with van der Waals surface area (Å²) in [5, 5.41) is 14.7. The Hall–Kier alpha value is -2.06. The number of para-hydroxylation sites is 1. The van der Waals surface area contributed by atoms with E-state index in [0.717, 1.165) is 0 Å². The molecule has 1 aromatic rings. The topological polar surface area (TPSA) is 74.2 Å². The van der Waals surface area contributed by atoms with Crippen molar-refractivity contribution in [3.05, 3.63) is 30.3 Å². The van der Waals surface area contributed by atoms with Gasteiger partial charge < -0.3 is 15.4 Å². The van der Waals surface area contributed by atoms with Gasteiger partial charge in [0.15, 0.2) is 0 Å². The smallest absolute Gasteiger partial charge is 0.320 e. The molecule has 0 spiro atoms. The van der Waals surface area contributed by atoms with E-state index in [0.29, 0.717) is 31.7 Å². The number of amides is 2. The second kappa shape index (κ2) is 5.52. The van der Waals surface area contributed by atoms with Gasteiger partial charge in [0.1, 0.15) is 5.54 Å². The van der Waals surface area contributed by atoms with Crippen LogP contribution in [0.4, 0.5) is 10.5 Å². The van der Waals surface area contributed by atoms with Crippen molar-refractivity contribution in [1.82, 2.24) is 5.32 Å². The van der Waals surface area contributed by atoms with Gasteiger partial charge in [-0.25, -0.2) is 4.79 Å². The summed E-state index contributed by atoms with van der Waals surface area (Å²) in [6.07, 6.45) is 1.04. The number of hydrogen-bond donors (Lipinski definition) is 2. The lowest BCUT2D eigenvalue weighted by atomic mass is 9.92. The minimum Gasteiger partial charge on any atom is -0.381 e. The van der Waals surface area contributed by atoms with E-state index >= 15 is 0 Å². The monoisotopic (exact) mass is 245 g/mol. The minimum atomic E-state index is -0.808. The molecular formula is C13H15N3O2. The van der Waals surface area contributed by atoms with E-state index in [1.807, 2.05) is 18.2 Å². The van der Waals surface area contributed by atoms with Crippen molar-refractivity contribution in [1.29, 1.82) is 5.26 Å². The molecule has 0 unspecified atom stereocenters. The number of benzene rings is 1. The first kappa shape index (κ1) is 12.4. The Bertz CT molecular complexity index is 447. The number of nitrogens with zero attached hydrogens (tertiary/aromatic N) is 1. The van der Waals surface area contributed by atoms with E-state index in [-0.39, 0.29) is 6.03 Å². The molecule has 0 radical (unpaired) electrons. The summed E-state index contributed by atoms with van der Waals surface area (Å²) < 4.78 is 5.20. The number of nitrogens with one attached hydrogen (secondary N) is 2.